The number of amidine groups is 1. The molecule has 0 aromatic heterocycles. The Morgan fingerprint density at radius 3 is 2.67 bits per heavy atom. The molecule has 0 radical (unpaired) electrons. The first-order valence-electron chi connectivity index (χ1n) is 6.41. The molecule has 0 bridgehead atoms. The first kappa shape index (κ1) is 13.3. The standard InChI is InChI=1S/C14H20N2OS/c1-4-11-9-18-14(15-11)16-12-5-7-13(8-6-12)17-10(2)3/h5-8,10-11H,4,9H2,1-3H3,(H,15,16). The van der Waals surface area contributed by atoms with E-state index < -0.39 is 0 Å². The Hall–Kier alpha value is -1.16. The van der Waals surface area contributed by atoms with E-state index in [0.717, 1.165) is 28.8 Å². The van der Waals surface area contributed by atoms with Gasteiger partial charge in [0.1, 0.15) is 5.75 Å². The number of nitrogens with one attached hydrogen (secondary N) is 1. The maximum atomic E-state index is 5.61. The van der Waals surface area contributed by atoms with Gasteiger partial charge in [-0.05, 0) is 44.5 Å². The highest BCUT2D eigenvalue weighted by molar-refractivity contribution is 8.14. The largest absolute Gasteiger partial charge is 0.491 e. The molecule has 1 heterocycles. The minimum absolute atomic E-state index is 0.212. The fraction of sp³-hybridized carbons (Fsp3) is 0.500. The molecule has 1 unspecified atom stereocenters. The molecule has 2 rings (SSSR count). The Balaban J connectivity index is 1.94. The van der Waals surface area contributed by atoms with E-state index in [1.54, 1.807) is 11.8 Å². The van der Waals surface area contributed by atoms with Gasteiger partial charge in [-0.2, -0.15) is 0 Å². The molecular formula is C14H20N2OS. The van der Waals surface area contributed by atoms with Crippen LogP contribution in [0.2, 0.25) is 0 Å². The molecule has 0 fully saturated rings. The first-order chi connectivity index (χ1) is 8.67. The van der Waals surface area contributed by atoms with Gasteiger partial charge in [0.15, 0.2) is 5.17 Å². The predicted molar refractivity (Wildman–Crippen MR) is 79.8 cm³/mol. The van der Waals surface area contributed by atoms with Crippen LogP contribution < -0.4 is 10.1 Å². The third-order valence-electron chi connectivity index (χ3n) is 2.66. The molecule has 1 aromatic rings. The number of hydrogen-bond donors (Lipinski definition) is 1. The van der Waals surface area contributed by atoms with Crippen LogP contribution >= 0.6 is 11.8 Å². The molecule has 4 heteroatoms. The second-order valence-electron chi connectivity index (χ2n) is 4.62. The number of rotatable bonds is 4. The van der Waals surface area contributed by atoms with Gasteiger partial charge >= 0.3 is 0 Å². The van der Waals surface area contributed by atoms with Crippen LogP contribution in [0.5, 0.6) is 5.75 Å². The molecule has 0 saturated heterocycles. The lowest BCUT2D eigenvalue weighted by Crippen LogP contribution is -2.07. The van der Waals surface area contributed by atoms with E-state index in [-0.39, 0.29) is 6.10 Å². The SMILES string of the molecule is CCC1CSC(Nc2ccc(OC(C)C)cc2)=N1. The van der Waals surface area contributed by atoms with Gasteiger partial charge in [-0.3, -0.25) is 4.99 Å². The zero-order valence-corrected chi connectivity index (χ0v) is 12.0. The molecule has 1 aliphatic rings. The Labute approximate surface area is 113 Å². The van der Waals surface area contributed by atoms with Crippen LogP contribution in [-0.4, -0.2) is 23.1 Å². The summed E-state index contributed by atoms with van der Waals surface area (Å²) in [7, 11) is 0. The third kappa shape index (κ3) is 3.67. The number of hydrogen-bond acceptors (Lipinski definition) is 4. The highest BCUT2D eigenvalue weighted by Crippen LogP contribution is 2.23. The maximum Gasteiger partial charge on any atom is 0.161 e. The van der Waals surface area contributed by atoms with Gasteiger partial charge in [0.2, 0.25) is 0 Å². The summed E-state index contributed by atoms with van der Waals surface area (Å²) in [5.74, 6) is 2.00. The Kier molecular flexibility index (Phi) is 4.53. The molecule has 98 valence electrons. The summed E-state index contributed by atoms with van der Waals surface area (Å²) in [4.78, 5) is 4.61. The molecule has 1 aromatic carbocycles. The fourth-order valence-electron chi connectivity index (χ4n) is 1.71. The van der Waals surface area contributed by atoms with E-state index in [2.05, 4.69) is 17.2 Å². The summed E-state index contributed by atoms with van der Waals surface area (Å²) >= 11 is 1.79. The number of nitrogens with zero attached hydrogens (tertiary/aromatic N) is 1. The summed E-state index contributed by atoms with van der Waals surface area (Å²) in [5, 5.41) is 4.37. The van der Waals surface area contributed by atoms with Gasteiger partial charge in [0.25, 0.3) is 0 Å². The van der Waals surface area contributed by atoms with Gasteiger partial charge in [-0.1, -0.05) is 18.7 Å². The van der Waals surface area contributed by atoms with E-state index in [4.69, 9.17) is 4.74 Å². The van der Waals surface area contributed by atoms with E-state index in [9.17, 15) is 0 Å². The topological polar surface area (TPSA) is 33.6 Å². The van der Waals surface area contributed by atoms with E-state index in [0.29, 0.717) is 6.04 Å². The smallest absolute Gasteiger partial charge is 0.161 e. The quantitative estimate of drug-likeness (QED) is 0.898. The average Bonchev–Trinajstić information content (AvgIpc) is 2.79. The van der Waals surface area contributed by atoms with Crippen molar-refractivity contribution in [3.8, 4) is 5.75 Å². The van der Waals surface area contributed by atoms with Crippen molar-refractivity contribution >= 4 is 22.6 Å². The number of thioether (sulfide) groups is 1. The lowest BCUT2D eigenvalue weighted by Gasteiger charge is -2.10. The zero-order valence-electron chi connectivity index (χ0n) is 11.1. The second-order valence-corrected chi connectivity index (χ2v) is 5.63. The average molecular weight is 264 g/mol. The summed E-state index contributed by atoms with van der Waals surface area (Å²) in [5.41, 5.74) is 1.06. The van der Waals surface area contributed by atoms with E-state index in [1.165, 1.54) is 0 Å². The minimum Gasteiger partial charge on any atom is -0.491 e. The fourth-order valence-corrected chi connectivity index (χ4v) is 2.78. The van der Waals surface area contributed by atoms with Crippen molar-refractivity contribution in [1.82, 2.24) is 0 Å². The van der Waals surface area contributed by atoms with Gasteiger partial charge in [0, 0.05) is 11.4 Å². The van der Waals surface area contributed by atoms with E-state index >= 15 is 0 Å². The van der Waals surface area contributed by atoms with Gasteiger partial charge < -0.3 is 10.1 Å². The Morgan fingerprint density at radius 2 is 2.11 bits per heavy atom. The molecule has 3 nitrogen and oxygen atoms in total. The molecule has 0 amide bonds. The van der Waals surface area contributed by atoms with Crippen molar-refractivity contribution < 1.29 is 4.74 Å². The predicted octanol–water partition coefficient (Wildman–Crippen LogP) is 3.77. The summed E-state index contributed by atoms with van der Waals surface area (Å²) < 4.78 is 5.61. The van der Waals surface area contributed by atoms with Crippen LogP contribution in [0.25, 0.3) is 0 Å². The molecule has 0 aliphatic carbocycles. The Bertz CT molecular complexity index is 414. The minimum atomic E-state index is 0.212. The summed E-state index contributed by atoms with van der Waals surface area (Å²) in [6.07, 6.45) is 1.32. The van der Waals surface area contributed by atoms with Crippen LogP contribution in [0, 0.1) is 0 Å². The third-order valence-corrected chi connectivity index (χ3v) is 3.69. The second kappa shape index (κ2) is 6.14. The van der Waals surface area contributed by atoms with Gasteiger partial charge in [-0.15, -0.1) is 0 Å². The van der Waals surface area contributed by atoms with Crippen molar-refractivity contribution in [2.45, 2.75) is 39.3 Å². The molecule has 1 aliphatic heterocycles. The molecule has 1 N–H and O–H groups in total. The van der Waals surface area contributed by atoms with Crippen LogP contribution in [0.4, 0.5) is 5.69 Å². The highest BCUT2D eigenvalue weighted by Gasteiger charge is 2.16. The maximum absolute atomic E-state index is 5.61. The summed E-state index contributed by atoms with van der Waals surface area (Å²) in [6.45, 7) is 6.23. The summed E-state index contributed by atoms with van der Waals surface area (Å²) in [6, 6.07) is 8.50. The lowest BCUT2D eigenvalue weighted by atomic mass is 10.3. The van der Waals surface area contributed by atoms with Gasteiger partial charge in [-0.25, -0.2) is 0 Å². The van der Waals surface area contributed by atoms with Crippen LogP contribution in [0.1, 0.15) is 27.2 Å². The first-order valence-corrected chi connectivity index (χ1v) is 7.40. The normalized spacial score (nSPS) is 18.9. The van der Waals surface area contributed by atoms with Crippen molar-refractivity contribution in [1.29, 1.82) is 0 Å². The van der Waals surface area contributed by atoms with Crippen molar-refractivity contribution in [2.75, 3.05) is 11.1 Å². The number of ether oxygens (including phenoxy) is 1. The highest BCUT2D eigenvalue weighted by atomic mass is 32.2. The number of anilines is 1. The Morgan fingerprint density at radius 1 is 1.39 bits per heavy atom. The molecule has 0 spiro atoms. The number of benzene rings is 1. The van der Waals surface area contributed by atoms with Crippen molar-refractivity contribution in [2.24, 2.45) is 4.99 Å². The molecular weight excluding hydrogens is 244 g/mol. The molecule has 0 saturated carbocycles. The van der Waals surface area contributed by atoms with Crippen LogP contribution in [-0.2, 0) is 0 Å². The molecule has 18 heavy (non-hydrogen) atoms. The van der Waals surface area contributed by atoms with E-state index in [1.807, 2.05) is 38.1 Å². The van der Waals surface area contributed by atoms with Crippen LogP contribution in [0.3, 0.4) is 0 Å². The monoisotopic (exact) mass is 264 g/mol. The van der Waals surface area contributed by atoms with Crippen molar-refractivity contribution in [3.63, 3.8) is 0 Å². The lowest BCUT2D eigenvalue weighted by molar-refractivity contribution is 0.242. The zero-order chi connectivity index (χ0) is 13.0. The molecule has 1 atom stereocenters. The van der Waals surface area contributed by atoms with Crippen molar-refractivity contribution in [3.05, 3.63) is 24.3 Å². The van der Waals surface area contributed by atoms with Gasteiger partial charge in [0.05, 0.1) is 12.1 Å². The van der Waals surface area contributed by atoms with Crippen LogP contribution in [0.15, 0.2) is 29.3 Å². The number of aliphatic imine (C=N–C) groups is 1.